The molecule has 2 aromatic carbocycles. The van der Waals surface area contributed by atoms with Crippen LogP contribution >= 0.6 is 0 Å². The summed E-state index contributed by atoms with van der Waals surface area (Å²) in [6.45, 7) is 3.25. The van der Waals surface area contributed by atoms with E-state index < -0.39 is 24.0 Å². The minimum absolute atomic E-state index is 0.0988. The molecule has 23 heavy (non-hydrogen) atoms. The molecule has 0 amide bonds. The van der Waals surface area contributed by atoms with E-state index >= 15 is 0 Å². The highest BCUT2D eigenvalue weighted by atomic mass is 16.5. The maximum Gasteiger partial charge on any atom is 0.341 e. The third-order valence-electron chi connectivity index (χ3n) is 3.73. The molecule has 0 aliphatic rings. The molecule has 2 rings (SSSR count). The SMILES string of the molecule is CC(C)(c1ccccc1)c1c(OCC(=O)O)cccc1C(=O)O. The van der Waals surface area contributed by atoms with E-state index in [4.69, 9.17) is 9.84 Å². The lowest BCUT2D eigenvalue weighted by Crippen LogP contribution is -2.24. The smallest absolute Gasteiger partial charge is 0.341 e. The van der Waals surface area contributed by atoms with Crippen LogP contribution in [0.2, 0.25) is 0 Å². The second kappa shape index (κ2) is 6.52. The van der Waals surface area contributed by atoms with E-state index in [1.165, 1.54) is 6.07 Å². The summed E-state index contributed by atoms with van der Waals surface area (Å²) in [5.41, 5.74) is 0.805. The Balaban J connectivity index is 2.62. The number of carboxylic acids is 2. The second-order valence-electron chi connectivity index (χ2n) is 5.66. The second-order valence-corrected chi connectivity index (χ2v) is 5.66. The van der Waals surface area contributed by atoms with Crippen molar-refractivity contribution in [2.75, 3.05) is 6.61 Å². The van der Waals surface area contributed by atoms with Crippen molar-refractivity contribution in [3.63, 3.8) is 0 Å². The summed E-state index contributed by atoms with van der Waals surface area (Å²) in [7, 11) is 0. The third kappa shape index (κ3) is 3.51. The van der Waals surface area contributed by atoms with Crippen LogP contribution in [0.4, 0.5) is 0 Å². The van der Waals surface area contributed by atoms with E-state index in [-0.39, 0.29) is 11.3 Å². The number of carbonyl (C=O) groups is 2. The monoisotopic (exact) mass is 314 g/mol. The van der Waals surface area contributed by atoms with Crippen molar-refractivity contribution in [1.82, 2.24) is 0 Å². The molecule has 2 N–H and O–H groups in total. The predicted molar refractivity (Wildman–Crippen MR) is 85.1 cm³/mol. The van der Waals surface area contributed by atoms with E-state index in [2.05, 4.69) is 0 Å². The van der Waals surface area contributed by atoms with Crippen LogP contribution in [0.5, 0.6) is 5.75 Å². The van der Waals surface area contributed by atoms with Gasteiger partial charge in [0.25, 0.3) is 0 Å². The van der Waals surface area contributed by atoms with Crippen molar-refractivity contribution in [1.29, 1.82) is 0 Å². The third-order valence-corrected chi connectivity index (χ3v) is 3.73. The summed E-state index contributed by atoms with van der Waals surface area (Å²) in [5, 5.41) is 18.3. The van der Waals surface area contributed by atoms with Crippen LogP contribution in [-0.4, -0.2) is 28.8 Å². The molecule has 0 atom stereocenters. The Bertz CT molecular complexity index is 719. The van der Waals surface area contributed by atoms with Crippen LogP contribution < -0.4 is 4.74 Å². The molecule has 0 spiro atoms. The van der Waals surface area contributed by atoms with Gasteiger partial charge in [-0.15, -0.1) is 0 Å². The lowest BCUT2D eigenvalue weighted by Gasteiger charge is -2.29. The molecule has 0 saturated carbocycles. The Hall–Kier alpha value is -2.82. The zero-order valence-electron chi connectivity index (χ0n) is 12.9. The molecule has 0 aromatic heterocycles. The van der Waals surface area contributed by atoms with E-state index in [9.17, 15) is 14.7 Å². The van der Waals surface area contributed by atoms with Crippen LogP contribution in [-0.2, 0) is 10.2 Å². The maximum atomic E-state index is 11.6. The molecule has 0 fully saturated rings. The number of hydrogen-bond donors (Lipinski definition) is 2. The standard InChI is InChI=1S/C18H18O5/c1-18(2,12-7-4-3-5-8-12)16-13(17(21)22)9-6-10-14(16)23-11-15(19)20/h3-10H,11H2,1-2H3,(H,19,20)(H,21,22). The molecule has 0 heterocycles. The van der Waals surface area contributed by atoms with Crippen molar-refractivity contribution in [3.8, 4) is 5.75 Å². The lowest BCUT2D eigenvalue weighted by atomic mass is 9.75. The number of benzene rings is 2. The fourth-order valence-electron chi connectivity index (χ4n) is 2.61. The largest absolute Gasteiger partial charge is 0.482 e. The van der Waals surface area contributed by atoms with Crippen molar-refractivity contribution in [3.05, 3.63) is 65.2 Å². The normalized spacial score (nSPS) is 11.0. The zero-order valence-corrected chi connectivity index (χ0v) is 12.9. The first-order valence-electron chi connectivity index (χ1n) is 7.11. The first-order valence-corrected chi connectivity index (χ1v) is 7.11. The van der Waals surface area contributed by atoms with Gasteiger partial charge in [0.2, 0.25) is 0 Å². The Morgan fingerprint density at radius 3 is 2.22 bits per heavy atom. The first-order chi connectivity index (χ1) is 10.8. The van der Waals surface area contributed by atoms with Crippen molar-refractivity contribution in [2.24, 2.45) is 0 Å². The summed E-state index contributed by atoms with van der Waals surface area (Å²) < 4.78 is 5.33. The minimum atomic E-state index is -1.12. The number of ether oxygens (including phenoxy) is 1. The van der Waals surface area contributed by atoms with Gasteiger partial charge in [-0.3, -0.25) is 0 Å². The maximum absolute atomic E-state index is 11.6. The van der Waals surface area contributed by atoms with Gasteiger partial charge in [0.05, 0.1) is 5.56 Å². The molecule has 0 aliphatic heterocycles. The minimum Gasteiger partial charge on any atom is -0.482 e. The zero-order chi connectivity index (χ0) is 17.0. The molecule has 120 valence electrons. The molecular weight excluding hydrogens is 296 g/mol. The van der Waals surface area contributed by atoms with Crippen LogP contribution in [0.3, 0.4) is 0 Å². The van der Waals surface area contributed by atoms with E-state index in [0.717, 1.165) is 5.56 Å². The highest BCUT2D eigenvalue weighted by Crippen LogP contribution is 2.39. The number of aromatic carboxylic acids is 1. The van der Waals surface area contributed by atoms with Crippen LogP contribution in [0.15, 0.2) is 48.5 Å². The molecule has 0 saturated heterocycles. The number of hydrogen-bond acceptors (Lipinski definition) is 3. The Morgan fingerprint density at radius 2 is 1.65 bits per heavy atom. The Morgan fingerprint density at radius 1 is 1.00 bits per heavy atom. The highest BCUT2D eigenvalue weighted by Gasteiger charge is 2.31. The van der Waals surface area contributed by atoms with Crippen molar-refractivity contribution >= 4 is 11.9 Å². The van der Waals surface area contributed by atoms with Gasteiger partial charge in [0.15, 0.2) is 6.61 Å². The van der Waals surface area contributed by atoms with E-state index in [0.29, 0.717) is 5.56 Å². The first kappa shape index (κ1) is 16.5. The number of rotatable bonds is 6. The predicted octanol–water partition coefficient (Wildman–Crippen LogP) is 3.17. The highest BCUT2D eigenvalue weighted by molar-refractivity contribution is 5.91. The van der Waals surface area contributed by atoms with Crippen LogP contribution in [0, 0.1) is 0 Å². The molecular formula is C18H18O5. The van der Waals surface area contributed by atoms with Gasteiger partial charge in [0, 0.05) is 11.0 Å². The van der Waals surface area contributed by atoms with Crippen molar-refractivity contribution < 1.29 is 24.5 Å². The molecule has 0 unspecified atom stereocenters. The van der Waals surface area contributed by atoms with Gasteiger partial charge in [-0.1, -0.05) is 50.2 Å². The van der Waals surface area contributed by atoms with E-state index in [1.807, 2.05) is 44.2 Å². The molecule has 0 aliphatic carbocycles. The number of aliphatic carboxylic acids is 1. The lowest BCUT2D eigenvalue weighted by molar-refractivity contribution is -0.139. The van der Waals surface area contributed by atoms with E-state index in [1.54, 1.807) is 12.1 Å². The quantitative estimate of drug-likeness (QED) is 0.855. The van der Waals surface area contributed by atoms with Crippen LogP contribution in [0.25, 0.3) is 0 Å². The van der Waals surface area contributed by atoms with Crippen LogP contribution in [0.1, 0.15) is 35.3 Å². The Kier molecular flexibility index (Phi) is 4.69. The molecule has 2 aromatic rings. The molecule has 0 radical (unpaired) electrons. The van der Waals surface area contributed by atoms with Gasteiger partial charge >= 0.3 is 11.9 Å². The fraction of sp³-hybridized carbons (Fsp3) is 0.222. The summed E-state index contributed by atoms with van der Waals surface area (Å²) >= 11 is 0. The summed E-state index contributed by atoms with van der Waals surface area (Å²) in [6, 6.07) is 14.1. The Labute approximate surface area is 134 Å². The van der Waals surface area contributed by atoms with Gasteiger partial charge in [-0.25, -0.2) is 9.59 Å². The molecule has 5 heteroatoms. The average Bonchev–Trinajstić information content (AvgIpc) is 2.53. The van der Waals surface area contributed by atoms with Gasteiger partial charge in [-0.2, -0.15) is 0 Å². The summed E-state index contributed by atoms with van der Waals surface area (Å²) in [4.78, 5) is 22.4. The molecule has 5 nitrogen and oxygen atoms in total. The average molecular weight is 314 g/mol. The fourth-order valence-corrected chi connectivity index (χ4v) is 2.61. The molecule has 0 bridgehead atoms. The van der Waals surface area contributed by atoms with Gasteiger partial charge < -0.3 is 14.9 Å². The van der Waals surface area contributed by atoms with Gasteiger partial charge in [0.1, 0.15) is 5.75 Å². The summed E-state index contributed by atoms with van der Waals surface area (Å²) in [6.07, 6.45) is 0. The summed E-state index contributed by atoms with van der Waals surface area (Å²) in [5.74, 6) is -1.93. The number of carboxylic acid groups (broad SMARTS) is 2. The van der Waals surface area contributed by atoms with Crippen molar-refractivity contribution in [2.45, 2.75) is 19.3 Å². The topological polar surface area (TPSA) is 83.8 Å². The van der Waals surface area contributed by atoms with Gasteiger partial charge in [-0.05, 0) is 17.7 Å².